The Bertz CT molecular complexity index is 918. The number of hydrogen-bond acceptors (Lipinski definition) is 4. The molecule has 2 aromatic carbocycles. The molecule has 0 aliphatic carbocycles. The number of rotatable bonds is 7. The van der Waals surface area contributed by atoms with Gasteiger partial charge in [0.05, 0.1) is 12.0 Å². The van der Waals surface area contributed by atoms with Gasteiger partial charge in [0.25, 0.3) is 0 Å². The number of carbonyl (C=O) groups excluding carboxylic acids is 2. The van der Waals surface area contributed by atoms with E-state index < -0.39 is 0 Å². The molecule has 6 heteroatoms. The molecule has 0 bridgehead atoms. The Balaban J connectivity index is 1.23. The van der Waals surface area contributed by atoms with E-state index in [1.54, 1.807) is 4.90 Å². The van der Waals surface area contributed by atoms with Gasteiger partial charge in [0.15, 0.2) is 0 Å². The zero-order chi connectivity index (χ0) is 22.5. The number of amides is 2. The number of aliphatic hydroxyl groups is 1. The van der Waals surface area contributed by atoms with Crippen molar-refractivity contribution in [3.8, 4) is 0 Å². The predicted octanol–water partition coefficient (Wildman–Crippen LogP) is 2.62. The van der Waals surface area contributed by atoms with Crippen molar-refractivity contribution in [2.75, 3.05) is 19.6 Å². The summed E-state index contributed by atoms with van der Waals surface area (Å²) < 4.78 is 0. The van der Waals surface area contributed by atoms with Crippen LogP contribution in [0.3, 0.4) is 0 Å². The van der Waals surface area contributed by atoms with Crippen LogP contribution < -0.4 is 5.32 Å². The molecule has 1 atom stereocenters. The lowest BCUT2D eigenvalue weighted by atomic mass is 10.1. The zero-order valence-corrected chi connectivity index (χ0v) is 18.8. The summed E-state index contributed by atoms with van der Waals surface area (Å²) in [4.78, 5) is 29.2. The molecule has 170 valence electrons. The van der Waals surface area contributed by atoms with Crippen molar-refractivity contribution in [1.29, 1.82) is 0 Å². The van der Waals surface area contributed by atoms with Crippen molar-refractivity contribution in [2.45, 2.75) is 51.9 Å². The summed E-state index contributed by atoms with van der Waals surface area (Å²) in [5.74, 6) is -0.303. The molecule has 0 radical (unpaired) electrons. The van der Waals surface area contributed by atoms with Gasteiger partial charge < -0.3 is 15.3 Å². The molecule has 4 rings (SSSR count). The van der Waals surface area contributed by atoms with Crippen LogP contribution in [-0.4, -0.2) is 52.5 Å². The van der Waals surface area contributed by atoms with Gasteiger partial charge in [-0.25, -0.2) is 0 Å². The number of nitrogens with zero attached hydrogens (tertiary/aromatic N) is 2. The molecule has 2 aromatic rings. The van der Waals surface area contributed by atoms with Gasteiger partial charge in [0.2, 0.25) is 11.8 Å². The van der Waals surface area contributed by atoms with Crippen LogP contribution in [-0.2, 0) is 29.2 Å². The van der Waals surface area contributed by atoms with Crippen molar-refractivity contribution in [3.63, 3.8) is 0 Å². The maximum atomic E-state index is 12.6. The fraction of sp³-hybridized carbons (Fsp3) is 0.462. The van der Waals surface area contributed by atoms with Gasteiger partial charge >= 0.3 is 0 Å². The van der Waals surface area contributed by atoms with E-state index in [9.17, 15) is 14.7 Å². The average molecular weight is 436 g/mol. The molecule has 2 saturated heterocycles. The molecule has 1 unspecified atom stereocenters. The highest BCUT2D eigenvalue weighted by atomic mass is 16.3. The van der Waals surface area contributed by atoms with Crippen LogP contribution in [0, 0.1) is 12.8 Å². The van der Waals surface area contributed by atoms with Gasteiger partial charge in [-0.05, 0) is 36.5 Å². The summed E-state index contributed by atoms with van der Waals surface area (Å²) >= 11 is 0. The monoisotopic (exact) mass is 435 g/mol. The highest BCUT2D eigenvalue weighted by Crippen LogP contribution is 2.21. The van der Waals surface area contributed by atoms with Gasteiger partial charge in [0, 0.05) is 45.7 Å². The van der Waals surface area contributed by atoms with Crippen LogP contribution in [0.25, 0.3) is 0 Å². The van der Waals surface area contributed by atoms with Crippen LogP contribution in [0.1, 0.15) is 41.5 Å². The third kappa shape index (κ3) is 5.96. The Hall–Kier alpha value is -2.70. The third-order valence-electron chi connectivity index (χ3n) is 6.53. The molecular weight excluding hydrogens is 402 g/mol. The van der Waals surface area contributed by atoms with E-state index in [0.717, 1.165) is 43.6 Å². The van der Waals surface area contributed by atoms with Crippen LogP contribution in [0.2, 0.25) is 0 Å². The largest absolute Gasteiger partial charge is 0.393 e. The van der Waals surface area contributed by atoms with Crippen molar-refractivity contribution < 1.29 is 14.7 Å². The van der Waals surface area contributed by atoms with Crippen molar-refractivity contribution in [3.05, 3.63) is 70.8 Å². The fourth-order valence-corrected chi connectivity index (χ4v) is 4.45. The first-order valence-corrected chi connectivity index (χ1v) is 11.6. The first-order valence-electron chi connectivity index (χ1n) is 11.6. The number of carbonyl (C=O) groups is 2. The summed E-state index contributed by atoms with van der Waals surface area (Å²) in [6.45, 7) is 6.29. The molecule has 2 aliphatic heterocycles. The van der Waals surface area contributed by atoms with E-state index in [2.05, 4.69) is 34.5 Å². The molecule has 2 N–H and O–H groups in total. The maximum absolute atomic E-state index is 12.6. The van der Waals surface area contributed by atoms with Gasteiger partial charge in [-0.3, -0.25) is 14.5 Å². The van der Waals surface area contributed by atoms with E-state index in [-0.39, 0.29) is 30.3 Å². The molecule has 6 nitrogen and oxygen atoms in total. The van der Waals surface area contributed by atoms with E-state index in [1.165, 1.54) is 11.1 Å². The molecule has 2 aliphatic rings. The summed E-state index contributed by atoms with van der Waals surface area (Å²) in [5, 5.41) is 12.6. The smallest absolute Gasteiger partial charge is 0.225 e. The van der Waals surface area contributed by atoms with Crippen molar-refractivity contribution >= 4 is 11.8 Å². The average Bonchev–Trinajstić information content (AvgIpc) is 3.16. The second-order valence-electron chi connectivity index (χ2n) is 9.20. The Morgan fingerprint density at radius 3 is 2.25 bits per heavy atom. The molecule has 0 spiro atoms. The highest BCUT2D eigenvalue weighted by Gasteiger charge is 2.34. The van der Waals surface area contributed by atoms with Crippen LogP contribution in [0.4, 0.5) is 0 Å². The molecule has 2 fully saturated rings. The second kappa shape index (κ2) is 10.3. The lowest BCUT2D eigenvalue weighted by Crippen LogP contribution is -2.35. The number of nitrogens with one attached hydrogen (secondary N) is 1. The summed E-state index contributed by atoms with van der Waals surface area (Å²) in [5.41, 5.74) is 4.57. The number of aliphatic hydroxyl groups excluding tert-OH is 1. The zero-order valence-electron chi connectivity index (χ0n) is 18.8. The lowest BCUT2D eigenvalue weighted by molar-refractivity contribution is -0.129. The van der Waals surface area contributed by atoms with Gasteiger partial charge in [-0.15, -0.1) is 0 Å². The molecule has 32 heavy (non-hydrogen) atoms. The van der Waals surface area contributed by atoms with E-state index in [0.29, 0.717) is 19.6 Å². The number of likely N-dealkylation sites (tertiary alicyclic amines) is 2. The molecule has 2 heterocycles. The quantitative estimate of drug-likeness (QED) is 0.701. The Labute approximate surface area is 190 Å². The van der Waals surface area contributed by atoms with Gasteiger partial charge in [-0.1, -0.05) is 54.1 Å². The maximum Gasteiger partial charge on any atom is 0.225 e. The van der Waals surface area contributed by atoms with E-state index in [4.69, 9.17) is 0 Å². The second-order valence-corrected chi connectivity index (χ2v) is 9.20. The highest BCUT2D eigenvalue weighted by molar-refractivity contribution is 5.89. The van der Waals surface area contributed by atoms with E-state index in [1.807, 2.05) is 31.2 Å². The first-order chi connectivity index (χ1) is 15.5. The van der Waals surface area contributed by atoms with Crippen molar-refractivity contribution in [1.82, 2.24) is 15.1 Å². The minimum atomic E-state index is -0.290. The Morgan fingerprint density at radius 1 is 0.969 bits per heavy atom. The van der Waals surface area contributed by atoms with Crippen LogP contribution >= 0.6 is 0 Å². The molecular formula is C26H33N3O3. The van der Waals surface area contributed by atoms with Crippen molar-refractivity contribution in [2.24, 2.45) is 5.92 Å². The summed E-state index contributed by atoms with van der Waals surface area (Å²) in [6.07, 6.45) is 1.82. The van der Waals surface area contributed by atoms with Gasteiger partial charge in [0.1, 0.15) is 0 Å². The standard InChI is InChI=1S/C26H33N3O3/c1-19-2-4-22(5-3-19)17-29-18-23(14-25(29)31)26(32)27-15-20-6-8-21(9-7-20)16-28-12-10-24(30)11-13-28/h2-9,23-24,30H,10-18H2,1H3,(H,27,32). The Morgan fingerprint density at radius 2 is 1.56 bits per heavy atom. The van der Waals surface area contributed by atoms with Gasteiger partial charge in [-0.2, -0.15) is 0 Å². The minimum absolute atomic E-state index is 0.0420. The lowest BCUT2D eigenvalue weighted by Gasteiger charge is -2.29. The number of hydrogen-bond donors (Lipinski definition) is 2. The topological polar surface area (TPSA) is 72.9 Å². The predicted molar refractivity (Wildman–Crippen MR) is 124 cm³/mol. The minimum Gasteiger partial charge on any atom is -0.393 e. The molecule has 0 aromatic heterocycles. The van der Waals surface area contributed by atoms with Crippen LogP contribution in [0.15, 0.2) is 48.5 Å². The number of piperidine rings is 1. The normalized spacial score (nSPS) is 20.0. The van der Waals surface area contributed by atoms with Crippen LogP contribution in [0.5, 0.6) is 0 Å². The summed E-state index contributed by atoms with van der Waals surface area (Å²) in [6, 6.07) is 16.5. The third-order valence-corrected chi connectivity index (χ3v) is 6.53. The summed E-state index contributed by atoms with van der Waals surface area (Å²) in [7, 11) is 0. The SMILES string of the molecule is Cc1ccc(CN2CC(C(=O)NCc3ccc(CN4CCC(O)CC4)cc3)CC2=O)cc1. The molecule has 2 amide bonds. The Kier molecular flexibility index (Phi) is 7.22. The fourth-order valence-electron chi connectivity index (χ4n) is 4.45. The first kappa shape index (κ1) is 22.5. The molecule has 0 saturated carbocycles. The number of aryl methyl sites for hydroxylation is 1. The number of benzene rings is 2. The van der Waals surface area contributed by atoms with E-state index >= 15 is 0 Å².